The van der Waals surface area contributed by atoms with Crippen LogP contribution in [0.1, 0.15) is 18.5 Å². The Labute approximate surface area is 181 Å². The van der Waals surface area contributed by atoms with Crippen molar-refractivity contribution < 1.29 is 9.53 Å². The van der Waals surface area contributed by atoms with Gasteiger partial charge in [0.1, 0.15) is 11.6 Å². The number of carbonyl (C=O) groups excluding carboxylic acids is 1. The summed E-state index contributed by atoms with van der Waals surface area (Å²) < 4.78 is 5.12. The van der Waals surface area contributed by atoms with Gasteiger partial charge < -0.3 is 25.6 Å². The molecule has 8 heteroatoms. The van der Waals surface area contributed by atoms with Gasteiger partial charge in [-0.3, -0.25) is 0 Å². The molecular formula is C23H26N6O2. The molecule has 2 aromatic carbocycles. The molecule has 1 saturated heterocycles. The van der Waals surface area contributed by atoms with Crippen LogP contribution in [0.5, 0.6) is 5.75 Å². The summed E-state index contributed by atoms with van der Waals surface area (Å²) in [7, 11) is 1.60. The van der Waals surface area contributed by atoms with Gasteiger partial charge in [0.2, 0.25) is 5.95 Å². The zero-order valence-electron chi connectivity index (χ0n) is 17.7. The Hall–Kier alpha value is -3.81. The molecule has 8 nitrogen and oxygen atoms in total. The van der Waals surface area contributed by atoms with Crippen LogP contribution < -0.4 is 25.6 Å². The minimum Gasteiger partial charge on any atom is -0.497 e. The molecule has 0 spiro atoms. The van der Waals surface area contributed by atoms with Crippen molar-refractivity contribution in [3.63, 3.8) is 0 Å². The minimum atomic E-state index is -0.312. The molecule has 0 saturated carbocycles. The quantitative estimate of drug-likeness (QED) is 0.534. The zero-order valence-corrected chi connectivity index (χ0v) is 17.7. The highest BCUT2D eigenvalue weighted by Gasteiger charge is 2.16. The SMILES string of the molecule is COc1ccc(NC(=O)Nc2ccc(Nc3cc(C)nc(N4CCCC4)n3)cc2)cc1. The number of methoxy groups -OCH3 is 1. The number of nitrogens with zero attached hydrogens (tertiary/aromatic N) is 3. The standard InChI is InChI=1S/C23H26N6O2/c1-16-15-21(28-22(24-16)29-13-3-4-14-29)25-17-5-7-18(8-6-17)26-23(30)27-19-9-11-20(31-2)12-10-19/h5-12,15H,3-4,13-14H2,1-2H3,(H,24,25,28)(H2,26,27,30). The summed E-state index contributed by atoms with van der Waals surface area (Å²) in [5.41, 5.74) is 3.18. The lowest BCUT2D eigenvalue weighted by Gasteiger charge is -2.17. The second-order valence-corrected chi connectivity index (χ2v) is 7.40. The van der Waals surface area contributed by atoms with Crippen molar-refractivity contribution in [2.45, 2.75) is 19.8 Å². The van der Waals surface area contributed by atoms with Crippen molar-refractivity contribution in [1.82, 2.24) is 9.97 Å². The number of aromatic nitrogens is 2. The minimum absolute atomic E-state index is 0.312. The first-order chi connectivity index (χ1) is 15.1. The number of anilines is 5. The van der Waals surface area contributed by atoms with Crippen molar-refractivity contribution in [1.29, 1.82) is 0 Å². The maximum absolute atomic E-state index is 12.2. The highest BCUT2D eigenvalue weighted by Crippen LogP contribution is 2.22. The van der Waals surface area contributed by atoms with Gasteiger partial charge in [-0.25, -0.2) is 9.78 Å². The molecule has 4 rings (SSSR count). The molecule has 2 heterocycles. The van der Waals surface area contributed by atoms with Crippen LogP contribution in [0, 0.1) is 6.92 Å². The lowest BCUT2D eigenvalue weighted by Crippen LogP contribution is -2.21. The van der Waals surface area contributed by atoms with Gasteiger partial charge in [-0.1, -0.05) is 0 Å². The van der Waals surface area contributed by atoms with E-state index in [2.05, 4.69) is 30.8 Å². The number of rotatable bonds is 6. The molecular weight excluding hydrogens is 392 g/mol. The van der Waals surface area contributed by atoms with E-state index >= 15 is 0 Å². The van der Waals surface area contributed by atoms with Crippen LogP contribution in [0.25, 0.3) is 0 Å². The number of hydrogen-bond donors (Lipinski definition) is 3. The van der Waals surface area contributed by atoms with Crippen molar-refractivity contribution >= 4 is 34.9 Å². The van der Waals surface area contributed by atoms with E-state index in [1.165, 1.54) is 12.8 Å². The van der Waals surface area contributed by atoms with Crippen LogP contribution in [-0.4, -0.2) is 36.2 Å². The van der Waals surface area contributed by atoms with Crippen molar-refractivity contribution in [2.75, 3.05) is 41.0 Å². The number of benzene rings is 2. The normalized spacial score (nSPS) is 13.0. The van der Waals surface area contributed by atoms with Crippen LogP contribution in [0.4, 0.5) is 33.6 Å². The number of carbonyl (C=O) groups is 1. The molecule has 1 aliphatic heterocycles. The van der Waals surface area contributed by atoms with E-state index in [0.29, 0.717) is 11.4 Å². The lowest BCUT2D eigenvalue weighted by molar-refractivity contribution is 0.262. The second kappa shape index (κ2) is 9.34. The van der Waals surface area contributed by atoms with Gasteiger partial charge in [0.25, 0.3) is 0 Å². The Morgan fingerprint density at radius 1 is 0.903 bits per heavy atom. The summed E-state index contributed by atoms with van der Waals surface area (Å²) >= 11 is 0. The summed E-state index contributed by atoms with van der Waals surface area (Å²) in [6, 6.07) is 16.2. The van der Waals surface area contributed by atoms with Gasteiger partial charge in [0.15, 0.2) is 0 Å². The largest absolute Gasteiger partial charge is 0.497 e. The molecule has 0 atom stereocenters. The number of aryl methyl sites for hydroxylation is 1. The number of hydrogen-bond acceptors (Lipinski definition) is 6. The van der Waals surface area contributed by atoms with E-state index in [1.807, 2.05) is 37.3 Å². The van der Waals surface area contributed by atoms with E-state index in [4.69, 9.17) is 4.74 Å². The molecule has 0 radical (unpaired) electrons. The number of urea groups is 1. The first kappa shape index (κ1) is 20.5. The first-order valence-corrected chi connectivity index (χ1v) is 10.3. The smallest absolute Gasteiger partial charge is 0.323 e. The van der Waals surface area contributed by atoms with Crippen molar-refractivity contribution in [2.24, 2.45) is 0 Å². The van der Waals surface area contributed by atoms with Gasteiger partial charge in [-0.05, 0) is 68.3 Å². The summed E-state index contributed by atoms with van der Waals surface area (Å²) in [5.74, 6) is 2.27. The van der Waals surface area contributed by atoms with Gasteiger partial charge >= 0.3 is 6.03 Å². The summed E-state index contributed by atoms with van der Waals surface area (Å²) in [6.45, 7) is 3.98. The molecule has 31 heavy (non-hydrogen) atoms. The maximum Gasteiger partial charge on any atom is 0.323 e. The highest BCUT2D eigenvalue weighted by atomic mass is 16.5. The topological polar surface area (TPSA) is 91.4 Å². The van der Waals surface area contributed by atoms with Crippen molar-refractivity contribution in [3.8, 4) is 5.75 Å². The van der Waals surface area contributed by atoms with Crippen molar-refractivity contribution in [3.05, 3.63) is 60.3 Å². The lowest BCUT2D eigenvalue weighted by atomic mass is 10.2. The zero-order chi connectivity index (χ0) is 21.6. The van der Waals surface area contributed by atoms with Gasteiger partial charge in [-0.15, -0.1) is 0 Å². The Bertz CT molecular complexity index is 1030. The van der Waals surface area contributed by atoms with Crippen LogP contribution in [0.3, 0.4) is 0 Å². The molecule has 1 aliphatic rings. The molecule has 1 fully saturated rings. The molecule has 3 N–H and O–H groups in total. The second-order valence-electron chi connectivity index (χ2n) is 7.40. The third-order valence-electron chi connectivity index (χ3n) is 4.99. The monoisotopic (exact) mass is 418 g/mol. The number of ether oxygens (including phenoxy) is 1. The van der Waals surface area contributed by atoms with E-state index in [-0.39, 0.29) is 6.03 Å². The highest BCUT2D eigenvalue weighted by molar-refractivity contribution is 5.99. The average molecular weight is 419 g/mol. The molecule has 0 aliphatic carbocycles. The Kier molecular flexibility index (Phi) is 6.16. The molecule has 3 aromatic rings. The summed E-state index contributed by atoms with van der Waals surface area (Å²) in [4.78, 5) is 23.7. The van der Waals surface area contributed by atoms with E-state index in [0.717, 1.165) is 42.0 Å². The Balaban J connectivity index is 1.36. The molecule has 160 valence electrons. The fourth-order valence-electron chi connectivity index (χ4n) is 3.43. The maximum atomic E-state index is 12.2. The third kappa shape index (κ3) is 5.42. The van der Waals surface area contributed by atoms with E-state index < -0.39 is 0 Å². The van der Waals surface area contributed by atoms with Crippen LogP contribution in [-0.2, 0) is 0 Å². The van der Waals surface area contributed by atoms with Crippen LogP contribution in [0.15, 0.2) is 54.6 Å². The summed E-state index contributed by atoms with van der Waals surface area (Å²) in [5, 5.41) is 8.94. The van der Waals surface area contributed by atoms with E-state index in [9.17, 15) is 4.79 Å². The summed E-state index contributed by atoms with van der Waals surface area (Å²) in [6.07, 6.45) is 2.36. The Morgan fingerprint density at radius 2 is 1.48 bits per heavy atom. The van der Waals surface area contributed by atoms with Gasteiger partial charge in [0.05, 0.1) is 7.11 Å². The molecule has 0 unspecified atom stereocenters. The van der Waals surface area contributed by atoms with Gasteiger partial charge in [0, 0.05) is 41.9 Å². The van der Waals surface area contributed by atoms with Gasteiger partial charge in [-0.2, -0.15) is 4.98 Å². The fraction of sp³-hybridized carbons (Fsp3) is 0.261. The first-order valence-electron chi connectivity index (χ1n) is 10.3. The molecule has 0 bridgehead atoms. The number of amides is 2. The average Bonchev–Trinajstić information content (AvgIpc) is 3.30. The van der Waals surface area contributed by atoms with Crippen LogP contribution >= 0.6 is 0 Å². The Morgan fingerprint density at radius 3 is 2.10 bits per heavy atom. The van der Waals surface area contributed by atoms with Crippen LogP contribution in [0.2, 0.25) is 0 Å². The van der Waals surface area contributed by atoms with E-state index in [1.54, 1.807) is 31.4 Å². The predicted octanol–water partition coefficient (Wildman–Crippen LogP) is 4.78. The number of nitrogens with one attached hydrogen (secondary N) is 3. The molecule has 2 amide bonds. The predicted molar refractivity (Wildman–Crippen MR) is 124 cm³/mol. The third-order valence-corrected chi connectivity index (χ3v) is 4.99. The fourth-order valence-corrected chi connectivity index (χ4v) is 3.43. The molecule has 1 aromatic heterocycles.